The van der Waals surface area contributed by atoms with Crippen LogP contribution in [0.25, 0.3) is 0 Å². The molecule has 1 aliphatic heterocycles. The summed E-state index contributed by atoms with van der Waals surface area (Å²) in [5, 5.41) is 2.99. The maximum Gasteiger partial charge on any atom is 0.317 e. The zero-order valence-electron chi connectivity index (χ0n) is 10.4. The average Bonchev–Trinajstić information content (AvgIpc) is 2.85. The number of nitrogens with one attached hydrogen (secondary N) is 1. The molecule has 92 valence electrons. The van der Waals surface area contributed by atoms with Gasteiger partial charge in [0.25, 0.3) is 0 Å². The summed E-state index contributed by atoms with van der Waals surface area (Å²) in [6.45, 7) is 4.66. The van der Waals surface area contributed by atoms with Crippen molar-refractivity contribution in [2.75, 3.05) is 19.6 Å². The van der Waals surface area contributed by atoms with Gasteiger partial charge in [-0.1, -0.05) is 24.3 Å². The van der Waals surface area contributed by atoms with Gasteiger partial charge < -0.3 is 10.2 Å². The van der Waals surface area contributed by atoms with Crippen LogP contribution in [0.4, 0.5) is 4.79 Å². The van der Waals surface area contributed by atoms with Crippen LogP contribution in [0.3, 0.4) is 0 Å². The number of hydrogen-bond acceptors (Lipinski definition) is 1. The highest BCUT2D eigenvalue weighted by Crippen LogP contribution is 2.08. The van der Waals surface area contributed by atoms with Gasteiger partial charge in [0.1, 0.15) is 0 Å². The van der Waals surface area contributed by atoms with E-state index in [9.17, 15) is 4.79 Å². The molecule has 0 radical (unpaired) electrons. The smallest absolute Gasteiger partial charge is 0.317 e. The molecule has 3 nitrogen and oxygen atoms in total. The van der Waals surface area contributed by atoms with Crippen molar-refractivity contribution in [1.29, 1.82) is 0 Å². The second-order valence-electron chi connectivity index (χ2n) is 4.60. The molecule has 0 spiro atoms. The van der Waals surface area contributed by atoms with E-state index in [4.69, 9.17) is 0 Å². The lowest BCUT2D eigenvalue weighted by Crippen LogP contribution is -2.38. The fourth-order valence-corrected chi connectivity index (χ4v) is 2.23. The van der Waals surface area contributed by atoms with Crippen LogP contribution < -0.4 is 5.32 Å². The lowest BCUT2D eigenvalue weighted by molar-refractivity contribution is 0.209. The number of likely N-dealkylation sites (tertiary alicyclic amines) is 1. The number of urea groups is 1. The van der Waals surface area contributed by atoms with Gasteiger partial charge in [0.2, 0.25) is 0 Å². The molecule has 3 heteroatoms. The Morgan fingerprint density at radius 2 is 2.00 bits per heavy atom. The molecule has 1 aromatic carbocycles. The molecule has 2 rings (SSSR count). The minimum atomic E-state index is 0.0936. The van der Waals surface area contributed by atoms with Crippen LogP contribution in [0.15, 0.2) is 24.3 Å². The maximum absolute atomic E-state index is 11.7. The van der Waals surface area contributed by atoms with Crippen LogP contribution in [0.2, 0.25) is 0 Å². The number of hydrogen-bond donors (Lipinski definition) is 1. The van der Waals surface area contributed by atoms with Crippen molar-refractivity contribution in [3.05, 3.63) is 35.4 Å². The number of aryl methyl sites for hydroxylation is 1. The second kappa shape index (κ2) is 5.71. The van der Waals surface area contributed by atoms with E-state index >= 15 is 0 Å². The first-order chi connectivity index (χ1) is 8.27. The molecule has 1 N–H and O–H groups in total. The highest BCUT2D eigenvalue weighted by Gasteiger charge is 2.16. The van der Waals surface area contributed by atoms with Crippen LogP contribution in [0.5, 0.6) is 0 Å². The topological polar surface area (TPSA) is 32.3 Å². The first-order valence-electron chi connectivity index (χ1n) is 6.34. The van der Waals surface area contributed by atoms with Crippen molar-refractivity contribution in [3.8, 4) is 0 Å². The molecule has 1 aromatic rings. The Labute approximate surface area is 103 Å². The zero-order valence-corrected chi connectivity index (χ0v) is 10.4. The predicted molar refractivity (Wildman–Crippen MR) is 69.1 cm³/mol. The summed E-state index contributed by atoms with van der Waals surface area (Å²) < 4.78 is 0. The van der Waals surface area contributed by atoms with Crippen LogP contribution in [0.1, 0.15) is 24.0 Å². The van der Waals surface area contributed by atoms with E-state index in [1.54, 1.807) is 0 Å². The number of benzene rings is 1. The summed E-state index contributed by atoms with van der Waals surface area (Å²) in [6.07, 6.45) is 3.20. The molecule has 0 unspecified atom stereocenters. The zero-order chi connectivity index (χ0) is 12.1. The SMILES string of the molecule is Cc1ccccc1CCNC(=O)N1CCCC1. The van der Waals surface area contributed by atoms with Crippen molar-refractivity contribution in [3.63, 3.8) is 0 Å². The number of nitrogens with zero attached hydrogens (tertiary/aromatic N) is 1. The van der Waals surface area contributed by atoms with Crippen LogP contribution in [-0.2, 0) is 6.42 Å². The van der Waals surface area contributed by atoms with Gasteiger partial charge in [0, 0.05) is 19.6 Å². The summed E-state index contributed by atoms with van der Waals surface area (Å²) in [4.78, 5) is 13.6. The molecular formula is C14H20N2O. The molecule has 1 heterocycles. The molecule has 1 saturated heterocycles. The number of amides is 2. The second-order valence-corrected chi connectivity index (χ2v) is 4.60. The first kappa shape index (κ1) is 12.0. The molecule has 0 aliphatic carbocycles. The highest BCUT2D eigenvalue weighted by atomic mass is 16.2. The molecule has 0 aromatic heterocycles. The van der Waals surface area contributed by atoms with Crippen molar-refractivity contribution in [1.82, 2.24) is 10.2 Å². The Hall–Kier alpha value is -1.51. The first-order valence-corrected chi connectivity index (χ1v) is 6.34. The Morgan fingerprint density at radius 3 is 2.71 bits per heavy atom. The Morgan fingerprint density at radius 1 is 1.29 bits per heavy atom. The summed E-state index contributed by atoms with van der Waals surface area (Å²) in [7, 11) is 0. The van der Waals surface area contributed by atoms with Crippen molar-refractivity contribution < 1.29 is 4.79 Å². The van der Waals surface area contributed by atoms with Gasteiger partial charge in [-0.15, -0.1) is 0 Å². The lowest BCUT2D eigenvalue weighted by Gasteiger charge is -2.16. The molecule has 2 amide bonds. The van der Waals surface area contributed by atoms with Gasteiger partial charge in [-0.3, -0.25) is 0 Å². The lowest BCUT2D eigenvalue weighted by atomic mass is 10.1. The van der Waals surface area contributed by atoms with E-state index in [-0.39, 0.29) is 6.03 Å². The van der Waals surface area contributed by atoms with Gasteiger partial charge in [0.05, 0.1) is 0 Å². The third-order valence-corrected chi connectivity index (χ3v) is 3.33. The minimum Gasteiger partial charge on any atom is -0.338 e. The predicted octanol–water partition coefficient (Wildman–Crippen LogP) is 2.34. The van der Waals surface area contributed by atoms with Crippen molar-refractivity contribution in [2.24, 2.45) is 0 Å². The summed E-state index contributed by atoms with van der Waals surface area (Å²) in [6, 6.07) is 8.41. The molecule has 1 aliphatic rings. The Kier molecular flexibility index (Phi) is 4.02. The van der Waals surface area contributed by atoms with Gasteiger partial charge >= 0.3 is 6.03 Å². The van der Waals surface area contributed by atoms with Crippen molar-refractivity contribution >= 4 is 6.03 Å². The summed E-state index contributed by atoms with van der Waals surface area (Å²) >= 11 is 0. The van der Waals surface area contributed by atoms with Crippen LogP contribution >= 0.6 is 0 Å². The largest absolute Gasteiger partial charge is 0.338 e. The maximum atomic E-state index is 11.7. The fourth-order valence-electron chi connectivity index (χ4n) is 2.23. The van der Waals surface area contributed by atoms with E-state index < -0.39 is 0 Å². The Balaban J connectivity index is 1.76. The third kappa shape index (κ3) is 3.22. The third-order valence-electron chi connectivity index (χ3n) is 3.33. The van der Waals surface area contributed by atoms with Gasteiger partial charge in [-0.2, -0.15) is 0 Å². The van der Waals surface area contributed by atoms with Gasteiger partial charge in [-0.25, -0.2) is 4.79 Å². The van der Waals surface area contributed by atoms with Gasteiger partial charge in [0.15, 0.2) is 0 Å². The van der Waals surface area contributed by atoms with E-state index in [2.05, 4.69) is 24.4 Å². The van der Waals surface area contributed by atoms with Crippen molar-refractivity contribution in [2.45, 2.75) is 26.2 Å². The monoisotopic (exact) mass is 232 g/mol. The molecule has 0 saturated carbocycles. The van der Waals surface area contributed by atoms with E-state index in [0.29, 0.717) is 0 Å². The summed E-state index contributed by atoms with van der Waals surface area (Å²) in [5.41, 5.74) is 2.61. The molecule has 0 atom stereocenters. The molecule has 0 bridgehead atoms. The summed E-state index contributed by atoms with van der Waals surface area (Å²) in [5.74, 6) is 0. The number of carbonyl (C=O) groups is 1. The number of carbonyl (C=O) groups excluding carboxylic acids is 1. The van der Waals surface area contributed by atoms with Crippen LogP contribution in [0, 0.1) is 6.92 Å². The molecule has 17 heavy (non-hydrogen) atoms. The van der Waals surface area contributed by atoms with Crippen LogP contribution in [-0.4, -0.2) is 30.6 Å². The molecular weight excluding hydrogens is 212 g/mol. The van der Waals surface area contributed by atoms with Gasteiger partial charge in [-0.05, 0) is 37.3 Å². The minimum absolute atomic E-state index is 0.0936. The Bertz CT molecular complexity index is 384. The average molecular weight is 232 g/mol. The highest BCUT2D eigenvalue weighted by molar-refractivity contribution is 5.74. The quantitative estimate of drug-likeness (QED) is 0.852. The van der Waals surface area contributed by atoms with E-state index in [1.807, 2.05) is 17.0 Å². The fraction of sp³-hybridized carbons (Fsp3) is 0.500. The van der Waals surface area contributed by atoms with E-state index in [0.717, 1.165) is 38.9 Å². The number of rotatable bonds is 3. The normalized spacial score (nSPS) is 15.0. The van der Waals surface area contributed by atoms with E-state index in [1.165, 1.54) is 11.1 Å². The molecule has 1 fully saturated rings. The standard InChI is InChI=1S/C14H20N2O/c1-12-6-2-3-7-13(12)8-9-15-14(17)16-10-4-5-11-16/h2-3,6-7H,4-5,8-11H2,1H3,(H,15,17).